The fraction of sp³-hybridized carbons (Fsp3) is 0.300. The summed E-state index contributed by atoms with van der Waals surface area (Å²) in [5.41, 5.74) is 1.64. The molecule has 2 amide bonds. The first-order valence-electron chi connectivity index (χ1n) is 8.99. The van der Waals surface area contributed by atoms with Gasteiger partial charge in [-0.3, -0.25) is 9.59 Å². The van der Waals surface area contributed by atoms with Crippen LogP contribution in [0.1, 0.15) is 40.1 Å². The molecule has 150 valence electrons. The van der Waals surface area contributed by atoms with Crippen LogP contribution in [0.2, 0.25) is 0 Å². The van der Waals surface area contributed by atoms with Crippen molar-refractivity contribution in [2.75, 3.05) is 25.5 Å². The Morgan fingerprint density at radius 1 is 1.00 bits per heavy atom. The Morgan fingerprint density at radius 3 is 2.25 bits per heavy atom. The predicted molar refractivity (Wildman–Crippen MR) is 109 cm³/mol. The molecule has 0 aromatic heterocycles. The number of benzene rings is 2. The summed E-state index contributed by atoms with van der Waals surface area (Å²) in [6, 6.07) is 11.0. The minimum absolute atomic E-state index is 0.0552. The van der Waals surface area contributed by atoms with Crippen LogP contribution < -0.4 is 10.6 Å². The van der Waals surface area contributed by atoms with Crippen molar-refractivity contribution >= 4 is 27.5 Å². The van der Waals surface area contributed by atoms with Gasteiger partial charge in [-0.25, -0.2) is 8.42 Å². The van der Waals surface area contributed by atoms with Gasteiger partial charge in [-0.15, -0.1) is 0 Å². The van der Waals surface area contributed by atoms with E-state index in [0.29, 0.717) is 24.3 Å². The maximum atomic E-state index is 12.7. The van der Waals surface area contributed by atoms with Crippen LogP contribution in [0.3, 0.4) is 0 Å². The Balaban J connectivity index is 2.38. The van der Waals surface area contributed by atoms with E-state index in [-0.39, 0.29) is 16.4 Å². The molecule has 0 radical (unpaired) electrons. The fourth-order valence-corrected chi connectivity index (χ4v) is 4.41. The molecule has 2 N–H and O–H groups in total. The molecule has 8 heteroatoms. The molecule has 0 heterocycles. The second kappa shape index (κ2) is 8.99. The van der Waals surface area contributed by atoms with E-state index in [9.17, 15) is 18.0 Å². The summed E-state index contributed by atoms with van der Waals surface area (Å²) in [5, 5.41) is 5.27. The number of aryl methyl sites for hydroxylation is 1. The number of carbonyl (C=O) groups is 2. The summed E-state index contributed by atoms with van der Waals surface area (Å²) in [7, 11) is -2.16. The van der Waals surface area contributed by atoms with Crippen LogP contribution in [0, 0.1) is 6.92 Å². The topological polar surface area (TPSA) is 95.6 Å². The van der Waals surface area contributed by atoms with Crippen molar-refractivity contribution in [2.45, 2.75) is 25.7 Å². The van der Waals surface area contributed by atoms with Crippen LogP contribution >= 0.6 is 0 Å². The number of sulfonamides is 1. The van der Waals surface area contributed by atoms with E-state index in [2.05, 4.69) is 10.6 Å². The molecule has 2 rings (SSSR count). The summed E-state index contributed by atoms with van der Waals surface area (Å²) in [5.74, 6) is -0.807. The fourth-order valence-electron chi connectivity index (χ4n) is 2.90. The average molecular weight is 404 g/mol. The zero-order chi connectivity index (χ0) is 20.9. The number of carbonyl (C=O) groups excluding carboxylic acids is 2. The molecule has 0 aliphatic rings. The Kier molecular flexibility index (Phi) is 6.93. The third-order valence-corrected chi connectivity index (χ3v) is 6.46. The Labute approximate surface area is 165 Å². The van der Waals surface area contributed by atoms with Gasteiger partial charge in [0.15, 0.2) is 0 Å². The van der Waals surface area contributed by atoms with Crippen molar-refractivity contribution in [3.63, 3.8) is 0 Å². The molecule has 0 unspecified atom stereocenters. The summed E-state index contributed by atoms with van der Waals surface area (Å²) >= 11 is 0. The predicted octanol–water partition coefficient (Wildman–Crippen LogP) is 2.64. The second-order valence-electron chi connectivity index (χ2n) is 6.15. The molecule has 0 saturated carbocycles. The first-order valence-corrected chi connectivity index (χ1v) is 10.4. The number of amides is 2. The Morgan fingerprint density at radius 2 is 1.64 bits per heavy atom. The largest absolute Gasteiger partial charge is 0.355 e. The Hall–Kier alpha value is -2.71. The quantitative estimate of drug-likeness (QED) is 0.743. The summed E-state index contributed by atoms with van der Waals surface area (Å²) in [4.78, 5) is 24.9. The van der Waals surface area contributed by atoms with Gasteiger partial charge in [0, 0.05) is 25.7 Å². The van der Waals surface area contributed by atoms with Crippen molar-refractivity contribution in [2.24, 2.45) is 0 Å². The molecule has 0 saturated heterocycles. The van der Waals surface area contributed by atoms with Gasteiger partial charge in [0.25, 0.3) is 11.8 Å². The summed E-state index contributed by atoms with van der Waals surface area (Å²) < 4.78 is 26.7. The number of nitrogens with one attached hydrogen (secondary N) is 2. The molecule has 0 atom stereocenters. The molecular formula is C20H25N3O4S. The van der Waals surface area contributed by atoms with E-state index in [0.717, 1.165) is 5.56 Å². The standard InChI is InChI=1S/C20H25N3O4S/c1-5-23(6-2)28(26,27)16-11-8-10-15(13-16)19(24)22-17-12-7-9-14(3)18(17)20(25)21-4/h7-13H,5-6H2,1-4H3,(H,21,25)(H,22,24). The lowest BCUT2D eigenvalue weighted by Gasteiger charge is -2.19. The molecule has 28 heavy (non-hydrogen) atoms. The normalized spacial score (nSPS) is 11.3. The summed E-state index contributed by atoms with van der Waals surface area (Å²) in [6.07, 6.45) is 0. The molecular weight excluding hydrogens is 378 g/mol. The van der Waals surface area contributed by atoms with Gasteiger partial charge in [-0.2, -0.15) is 4.31 Å². The molecule has 2 aromatic carbocycles. The van der Waals surface area contributed by atoms with E-state index in [1.165, 1.54) is 35.6 Å². The number of rotatable bonds is 7. The number of anilines is 1. The van der Waals surface area contributed by atoms with Crippen molar-refractivity contribution in [1.29, 1.82) is 0 Å². The Bertz CT molecular complexity index is 983. The zero-order valence-electron chi connectivity index (χ0n) is 16.4. The van der Waals surface area contributed by atoms with Crippen molar-refractivity contribution in [1.82, 2.24) is 9.62 Å². The van der Waals surface area contributed by atoms with E-state index in [1.807, 2.05) is 0 Å². The van der Waals surface area contributed by atoms with E-state index >= 15 is 0 Å². The van der Waals surface area contributed by atoms with Gasteiger partial charge in [-0.1, -0.05) is 32.0 Å². The van der Waals surface area contributed by atoms with E-state index in [1.54, 1.807) is 39.0 Å². The van der Waals surface area contributed by atoms with Crippen LogP contribution in [0.4, 0.5) is 5.69 Å². The first kappa shape index (κ1) is 21.6. The van der Waals surface area contributed by atoms with Crippen molar-refractivity contribution < 1.29 is 18.0 Å². The van der Waals surface area contributed by atoms with Crippen LogP contribution in [-0.2, 0) is 10.0 Å². The highest BCUT2D eigenvalue weighted by atomic mass is 32.2. The lowest BCUT2D eigenvalue weighted by atomic mass is 10.1. The molecule has 0 bridgehead atoms. The maximum absolute atomic E-state index is 12.7. The minimum atomic E-state index is -3.67. The van der Waals surface area contributed by atoms with Crippen LogP contribution in [-0.4, -0.2) is 44.7 Å². The van der Waals surface area contributed by atoms with E-state index in [4.69, 9.17) is 0 Å². The van der Waals surface area contributed by atoms with Gasteiger partial charge in [0.1, 0.15) is 0 Å². The highest BCUT2D eigenvalue weighted by molar-refractivity contribution is 7.89. The molecule has 0 aliphatic carbocycles. The van der Waals surface area contributed by atoms with Crippen molar-refractivity contribution in [3.05, 3.63) is 59.2 Å². The van der Waals surface area contributed by atoms with Crippen molar-refractivity contribution in [3.8, 4) is 0 Å². The van der Waals surface area contributed by atoms with Gasteiger partial charge in [0.2, 0.25) is 10.0 Å². The highest BCUT2D eigenvalue weighted by Gasteiger charge is 2.23. The average Bonchev–Trinajstić information content (AvgIpc) is 2.68. The lowest BCUT2D eigenvalue weighted by Crippen LogP contribution is -2.30. The third kappa shape index (κ3) is 4.40. The molecule has 0 spiro atoms. The van der Waals surface area contributed by atoms with Gasteiger partial charge >= 0.3 is 0 Å². The number of hydrogen-bond acceptors (Lipinski definition) is 4. The minimum Gasteiger partial charge on any atom is -0.355 e. The molecule has 7 nitrogen and oxygen atoms in total. The van der Waals surface area contributed by atoms with Crippen LogP contribution in [0.5, 0.6) is 0 Å². The van der Waals surface area contributed by atoms with Crippen LogP contribution in [0.15, 0.2) is 47.4 Å². The monoisotopic (exact) mass is 403 g/mol. The zero-order valence-corrected chi connectivity index (χ0v) is 17.3. The first-order chi connectivity index (χ1) is 13.3. The smallest absolute Gasteiger partial charge is 0.255 e. The molecule has 0 fully saturated rings. The van der Waals surface area contributed by atoms with Gasteiger partial charge < -0.3 is 10.6 Å². The third-order valence-electron chi connectivity index (χ3n) is 4.41. The van der Waals surface area contributed by atoms with Gasteiger partial charge in [-0.05, 0) is 36.8 Å². The lowest BCUT2D eigenvalue weighted by molar-refractivity contribution is 0.0963. The second-order valence-corrected chi connectivity index (χ2v) is 8.09. The van der Waals surface area contributed by atoms with E-state index < -0.39 is 15.9 Å². The van der Waals surface area contributed by atoms with Crippen LogP contribution in [0.25, 0.3) is 0 Å². The molecule has 0 aliphatic heterocycles. The van der Waals surface area contributed by atoms with Gasteiger partial charge in [0.05, 0.1) is 16.1 Å². The maximum Gasteiger partial charge on any atom is 0.255 e. The highest BCUT2D eigenvalue weighted by Crippen LogP contribution is 2.22. The number of hydrogen-bond donors (Lipinski definition) is 2. The summed E-state index contributed by atoms with van der Waals surface area (Å²) in [6.45, 7) is 5.98. The number of nitrogens with zero attached hydrogens (tertiary/aromatic N) is 1. The molecule has 2 aromatic rings. The SMILES string of the molecule is CCN(CC)S(=O)(=O)c1cccc(C(=O)Nc2cccc(C)c2C(=O)NC)c1.